The van der Waals surface area contributed by atoms with Crippen LogP contribution in [-0.2, 0) is 22.3 Å². The number of benzene rings is 4. The molecule has 2 bridgehead atoms. The van der Waals surface area contributed by atoms with Crippen LogP contribution in [0.25, 0.3) is 0 Å². The molecule has 4 aromatic carbocycles. The van der Waals surface area contributed by atoms with E-state index in [4.69, 9.17) is 9.47 Å². The van der Waals surface area contributed by atoms with Crippen LogP contribution >= 0.6 is 0 Å². The smallest absolute Gasteiger partial charge is 0.338 e. The number of unbranched alkanes of at least 4 members (excludes halogenated alkanes) is 2. The van der Waals surface area contributed by atoms with Crippen molar-refractivity contribution in [3.8, 4) is 0 Å². The molecule has 2 unspecified atom stereocenters. The number of rotatable bonds is 10. The van der Waals surface area contributed by atoms with E-state index in [1.165, 1.54) is 33.4 Å². The van der Waals surface area contributed by atoms with Gasteiger partial charge in [-0.05, 0) is 83.3 Å². The predicted molar refractivity (Wildman–Crippen MR) is 165 cm³/mol. The third-order valence-electron chi connectivity index (χ3n) is 8.84. The Morgan fingerprint density at radius 1 is 0.548 bits per heavy atom. The average molecular weight is 559 g/mol. The molecular weight excluding hydrogens is 520 g/mol. The zero-order valence-electron chi connectivity index (χ0n) is 24.4. The van der Waals surface area contributed by atoms with Gasteiger partial charge in [0.2, 0.25) is 0 Å². The summed E-state index contributed by atoms with van der Waals surface area (Å²) in [5.74, 6) is -1.25. The second-order valence-electron chi connectivity index (χ2n) is 11.5. The summed E-state index contributed by atoms with van der Waals surface area (Å²) in [5.41, 5.74) is 8.45. The van der Waals surface area contributed by atoms with Crippen LogP contribution in [0.3, 0.4) is 0 Å². The molecule has 0 fully saturated rings. The topological polar surface area (TPSA) is 52.6 Å². The molecule has 4 heteroatoms. The van der Waals surface area contributed by atoms with Gasteiger partial charge in [0.1, 0.15) is 0 Å². The summed E-state index contributed by atoms with van der Waals surface area (Å²) >= 11 is 0. The number of hydrogen-bond donors (Lipinski definition) is 0. The lowest BCUT2D eigenvalue weighted by atomic mass is 9.58. The molecule has 4 nitrogen and oxygen atoms in total. The van der Waals surface area contributed by atoms with Crippen LogP contribution in [-0.4, -0.2) is 24.1 Å². The summed E-state index contributed by atoms with van der Waals surface area (Å²) in [6.45, 7) is 4.42. The number of hydrogen-bond acceptors (Lipinski definition) is 4. The molecule has 0 spiro atoms. The van der Waals surface area contributed by atoms with E-state index in [2.05, 4.69) is 50.2 Å². The maximum absolute atomic E-state index is 13.6. The highest BCUT2D eigenvalue weighted by atomic mass is 16.6. The molecule has 0 amide bonds. The normalized spacial score (nSPS) is 20.0. The fourth-order valence-corrected chi connectivity index (χ4v) is 6.91. The van der Waals surface area contributed by atoms with E-state index in [-0.39, 0.29) is 11.8 Å². The van der Waals surface area contributed by atoms with Crippen molar-refractivity contribution in [2.45, 2.75) is 76.4 Å². The molecule has 214 valence electrons. The van der Waals surface area contributed by atoms with Gasteiger partial charge in [0, 0.05) is 0 Å². The minimum absolute atomic E-state index is 0.226. The Balaban J connectivity index is 1.52. The van der Waals surface area contributed by atoms with Gasteiger partial charge in [-0.25, -0.2) is 9.59 Å². The number of ether oxygens (including phenoxy) is 2. The Hall–Kier alpha value is -4.18. The van der Waals surface area contributed by atoms with Crippen molar-refractivity contribution in [2.24, 2.45) is 0 Å². The number of carbonyl (C=O) groups is 2. The highest BCUT2D eigenvalue weighted by Gasteiger charge is 2.55. The lowest BCUT2D eigenvalue weighted by Gasteiger charge is -2.50. The van der Waals surface area contributed by atoms with E-state index in [1.54, 1.807) is 24.3 Å². The van der Waals surface area contributed by atoms with Gasteiger partial charge >= 0.3 is 11.9 Å². The standard InChI is InChI=1S/C38H38O4/c1-3-5-15-25-21-13-23-29-31(25)33-30-24-14-22-26(16-6-4-2)32(30)34(29)36(42-38(40)28-19-11-8-12-20-28)35(33)41-37(39)27-17-9-7-10-18-27/h7-14,17-24,33-36H,3-6,15-16H2,1-2H3/t33-,34+,35?,36?. The molecule has 0 aromatic heterocycles. The molecule has 4 atom stereocenters. The molecule has 4 aromatic rings. The van der Waals surface area contributed by atoms with E-state index < -0.39 is 24.1 Å². The lowest BCUT2D eigenvalue weighted by molar-refractivity contribution is -0.0560. The van der Waals surface area contributed by atoms with Gasteiger partial charge in [-0.15, -0.1) is 0 Å². The SMILES string of the molecule is CCCCc1cccc2c1[C@H]1c3cccc(CCCC)c3[C@H]2C(OC(=O)c2ccccc2)C1OC(=O)c1ccccc1. The minimum atomic E-state index is -0.653. The molecule has 0 radical (unpaired) electrons. The molecule has 0 heterocycles. The fourth-order valence-electron chi connectivity index (χ4n) is 6.91. The van der Waals surface area contributed by atoms with Crippen LogP contribution in [0.1, 0.15) is 105 Å². The summed E-state index contributed by atoms with van der Waals surface area (Å²) in [4.78, 5) is 27.2. The van der Waals surface area contributed by atoms with Gasteiger partial charge in [0.15, 0.2) is 12.2 Å². The van der Waals surface area contributed by atoms with Gasteiger partial charge < -0.3 is 9.47 Å². The predicted octanol–water partition coefficient (Wildman–Crippen LogP) is 8.41. The maximum atomic E-state index is 13.6. The monoisotopic (exact) mass is 558 g/mol. The second-order valence-corrected chi connectivity index (χ2v) is 11.5. The molecule has 0 aliphatic heterocycles. The number of aryl methyl sites for hydroxylation is 2. The molecule has 42 heavy (non-hydrogen) atoms. The summed E-state index contributed by atoms with van der Waals surface area (Å²) < 4.78 is 12.9. The molecule has 0 saturated heterocycles. The summed E-state index contributed by atoms with van der Waals surface area (Å²) in [6, 6.07) is 31.3. The van der Waals surface area contributed by atoms with Crippen molar-refractivity contribution in [3.05, 3.63) is 142 Å². The summed E-state index contributed by atoms with van der Waals surface area (Å²) in [7, 11) is 0. The molecule has 3 aliphatic rings. The molecular formula is C38H38O4. The van der Waals surface area contributed by atoms with E-state index >= 15 is 0 Å². The van der Waals surface area contributed by atoms with Crippen LogP contribution < -0.4 is 0 Å². The van der Waals surface area contributed by atoms with Gasteiger partial charge in [0.25, 0.3) is 0 Å². The first-order valence-corrected chi connectivity index (χ1v) is 15.4. The van der Waals surface area contributed by atoms with Crippen LogP contribution in [0.4, 0.5) is 0 Å². The summed E-state index contributed by atoms with van der Waals surface area (Å²) in [5, 5.41) is 0. The van der Waals surface area contributed by atoms with Crippen molar-refractivity contribution in [3.63, 3.8) is 0 Å². The lowest BCUT2D eigenvalue weighted by Crippen LogP contribution is -2.52. The van der Waals surface area contributed by atoms with E-state index in [9.17, 15) is 9.59 Å². The zero-order valence-corrected chi connectivity index (χ0v) is 24.4. The zero-order chi connectivity index (χ0) is 29.1. The molecule has 3 aliphatic carbocycles. The quantitative estimate of drug-likeness (QED) is 0.183. The van der Waals surface area contributed by atoms with Gasteiger partial charge in [-0.2, -0.15) is 0 Å². The Morgan fingerprint density at radius 3 is 1.33 bits per heavy atom. The number of carbonyl (C=O) groups excluding carboxylic acids is 2. The fraction of sp³-hybridized carbons (Fsp3) is 0.316. The third kappa shape index (κ3) is 5.15. The second kappa shape index (κ2) is 12.4. The van der Waals surface area contributed by atoms with E-state index in [0.29, 0.717) is 11.1 Å². The molecule has 0 N–H and O–H groups in total. The number of esters is 2. The Labute approximate surface area is 248 Å². The highest BCUT2D eigenvalue weighted by Crippen LogP contribution is 2.57. The van der Waals surface area contributed by atoms with Crippen LogP contribution in [0.5, 0.6) is 0 Å². The summed E-state index contributed by atoms with van der Waals surface area (Å²) in [6.07, 6.45) is 4.97. The van der Waals surface area contributed by atoms with Crippen molar-refractivity contribution >= 4 is 11.9 Å². The number of fused-ring (bicyclic) bond motifs is 1. The average Bonchev–Trinajstić information content (AvgIpc) is 3.04. The first-order valence-electron chi connectivity index (χ1n) is 15.4. The Bertz CT molecular complexity index is 1440. The minimum Gasteiger partial charge on any atom is -0.454 e. The highest BCUT2D eigenvalue weighted by molar-refractivity contribution is 5.91. The van der Waals surface area contributed by atoms with Crippen molar-refractivity contribution in [1.29, 1.82) is 0 Å². The third-order valence-corrected chi connectivity index (χ3v) is 8.84. The van der Waals surface area contributed by atoms with Crippen molar-refractivity contribution in [1.82, 2.24) is 0 Å². The molecule has 0 saturated carbocycles. The van der Waals surface area contributed by atoms with Gasteiger partial charge in [0.05, 0.1) is 23.0 Å². The van der Waals surface area contributed by atoms with Crippen molar-refractivity contribution < 1.29 is 19.1 Å². The van der Waals surface area contributed by atoms with Gasteiger partial charge in [-0.1, -0.05) is 99.5 Å². The van der Waals surface area contributed by atoms with Crippen LogP contribution in [0.2, 0.25) is 0 Å². The Kier molecular flexibility index (Phi) is 8.23. The first-order chi connectivity index (χ1) is 20.6. The molecule has 7 rings (SSSR count). The Morgan fingerprint density at radius 2 is 0.952 bits per heavy atom. The van der Waals surface area contributed by atoms with Crippen molar-refractivity contribution in [2.75, 3.05) is 0 Å². The van der Waals surface area contributed by atoms with E-state index in [1.807, 2.05) is 36.4 Å². The maximum Gasteiger partial charge on any atom is 0.338 e. The van der Waals surface area contributed by atoms with E-state index in [0.717, 1.165) is 38.5 Å². The van der Waals surface area contributed by atoms with Crippen LogP contribution in [0, 0.1) is 0 Å². The first kappa shape index (κ1) is 28.0. The van der Waals surface area contributed by atoms with Gasteiger partial charge in [-0.3, -0.25) is 0 Å². The largest absolute Gasteiger partial charge is 0.454 e. The van der Waals surface area contributed by atoms with Crippen LogP contribution in [0.15, 0.2) is 97.1 Å².